The molecular formula is C28H29N2O8S2+. The van der Waals surface area contributed by atoms with Crippen molar-refractivity contribution >= 4 is 53.8 Å². The average Bonchev–Trinajstić information content (AvgIpc) is 2.90. The normalized spacial score (nSPS) is 12.1. The number of aryl methyl sites for hydroxylation is 2. The minimum atomic E-state index is -4.35. The smallest absolute Gasteiger partial charge is 0.303 e. The van der Waals surface area contributed by atoms with Crippen molar-refractivity contribution in [3.05, 3.63) is 83.9 Å². The van der Waals surface area contributed by atoms with E-state index in [1.165, 1.54) is 12.1 Å². The molecule has 0 saturated heterocycles. The van der Waals surface area contributed by atoms with Crippen LogP contribution in [0.1, 0.15) is 35.2 Å². The van der Waals surface area contributed by atoms with Crippen molar-refractivity contribution in [2.45, 2.75) is 37.6 Å². The minimum absolute atomic E-state index is 0.0789. The fraction of sp³-hybridized carbons (Fsp3) is 0.250. The lowest BCUT2D eigenvalue weighted by molar-refractivity contribution is -0.645. The molecule has 4 rings (SSSR count). The van der Waals surface area contributed by atoms with Gasteiger partial charge in [-0.3, -0.25) is 14.1 Å². The maximum absolute atomic E-state index is 14.3. The van der Waals surface area contributed by atoms with Crippen LogP contribution in [0.2, 0.25) is 0 Å². The number of sulfonamides is 1. The van der Waals surface area contributed by atoms with E-state index in [-0.39, 0.29) is 42.8 Å². The van der Waals surface area contributed by atoms with E-state index in [1.807, 2.05) is 4.57 Å². The van der Waals surface area contributed by atoms with Crippen LogP contribution in [0.15, 0.2) is 77.7 Å². The van der Waals surface area contributed by atoms with Gasteiger partial charge in [-0.15, -0.1) is 0 Å². The highest BCUT2D eigenvalue weighted by Crippen LogP contribution is 2.29. The van der Waals surface area contributed by atoms with Gasteiger partial charge in [0.2, 0.25) is 11.0 Å². The first kappa shape index (κ1) is 29.1. The van der Waals surface area contributed by atoms with Crippen molar-refractivity contribution in [1.82, 2.24) is 4.31 Å². The Kier molecular flexibility index (Phi) is 8.52. The predicted molar refractivity (Wildman–Crippen MR) is 149 cm³/mol. The number of benzene rings is 3. The summed E-state index contributed by atoms with van der Waals surface area (Å²) in [5, 5.41) is 10.0. The summed E-state index contributed by atoms with van der Waals surface area (Å²) in [6.07, 6.45) is -0.296. The largest absolute Gasteiger partial charge is 0.481 e. The molecule has 0 aliphatic rings. The quantitative estimate of drug-likeness (QED) is 0.154. The Morgan fingerprint density at radius 3 is 1.90 bits per heavy atom. The first-order chi connectivity index (χ1) is 18.9. The Balaban J connectivity index is 1.91. The number of amides is 1. The van der Waals surface area contributed by atoms with Crippen LogP contribution >= 0.6 is 0 Å². The summed E-state index contributed by atoms with van der Waals surface area (Å²) >= 11 is 0. The Hall–Kier alpha value is -3.87. The molecule has 0 atom stereocenters. The lowest BCUT2D eigenvalue weighted by Gasteiger charge is -2.24. The molecule has 0 radical (unpaired) electrons. The molecule has 0 bridgehead atoms. The van der Waals surface area contributed by atoms with Crippen molar-refractivity contribution < 1.29 is 40.7 Å². The van der Waals surface area contributed by atoms with Crippen LogP contribution < -0.4 is 4.57 Å². The number of rotatable bonds is 11. The monoisotopic (exact) mass is 585 g/mol. The van der Waals surface area contributed by atoms with E-state index in [0.29, 0.717) is 21.8 Å². The fourth-order valence-electron chi connectivity index (χ4n) is 4.66. The van der Waals surface area contributed by atoms with Crippen LogP contribution in [-0.4, -0.2) is 55.0 Å². The van der Waals surface area contributed by atoms with Crippen LogP contribution in [0.5, 0.6) is 0 Å². The Bertz CT molecular complexity index is 1740. The molecule has 0 saturated carbocycles. The van der Waals surface area contributed by atoms with E-state index in [4.69, 9.17) is 5.11 Å². The first-order valence-electron chi connectivity index (χ1n) is 12.5. The minimum Gasteiger partial charge on any atom is -0.481 e. The summed E-state index contributed by atoms with van der Waals surface area (Å²) in [5.41, 5.74) is 2.10. The van der Waals surface area contributed by atoms with Crippen molar-refractivity contribution in [3.63, 3.8) is 0 Å². The fourth-order valence-corrected chi connectivity index (χ4v) is 6.57. The molecule has 1 amide bonds. The molecule has 3 aromatic carbocycles. The van der Waals surface area contributed by atoms with Crippen molar-refractivity contribution in [3.8, 4) is 0 Å². The zero-order valence-electron chi connectivity index (χ0n) is 21.7. The van der Waals surface area contributed by atoms with Crippen LogP contribution in [0, 0.1) is 6.92 Å². The van der Waals surface area contributed by atoms with Gasteiger partial charge in [-0.05, 0) is 37.6 Å². The molecule has 40 heavy (non-hydrogen) atoms. The molecule has 210 valence electrons. The van der Waals surface area contributed by atoms with E-state index in [0.717, 1.165) is 9.87 Å². The van der Waals surface area contributed by atoms with E-state index < -0.39 is 37.8 Å². The number of carboxylic acids is 1. The number of pyridine rings is 1. The maximum Gasteiger partial charge on any atom is 0.303 e. The van der Waals surface area contributed by atoms with Crippen molar-refractivity contribution in [2.24, 2.45) is 0 Å². The number of fused-ring (bicyclic) bond motifs is 2. The van der Waals surface area contributed by atoms with Gasteiger partial charge in [0.25, 0.3) is 26.0 Å². The van der Waals surface area contributed by atoms with Crippen LogP contribution in [0.25, 0.3) is 21.8 Å². The topological polar surface area (TPSA) is 150 Å². The molecule has 4 aromatic rings. The number of carboxylic acid groups (broad SMARTS) is 1. The highest BCUT2D eigenvalue weighted by Gasteiger charge is 2.34. The molecular weight excluding hydrogens is 556 g/mol. The van der Waals surface area contributed by atoms with Gasteiger partial charge in [0.1, 0.15) is 0 Å². The summed E-state index contributed by atoms with van der Waals surface area (Å²) in [4.78, 5) is 25.4. The predicted octanol–water partition coefficient (Wildman–Crippen LogP) is 3.56. The zero-order chi connectivity index (χ0) is 29.1. The van der Waals surface area contributed by atoms with Gasteiger partial charge in [0, 0.05) is 31.5 Å². The van der Waals surface area contributed by atoms with Gasteiger partial charge in [-0.2, -0.15) is 13.0 Å². The number of carbonyl (C=O) groups is 2. The Morgan fingerprint density at radius 2 is 1.38 bits per heavy atom. The van der Waals surface area contributed by atoms with E-state index >= 15 is 0 Å². The van der Waals surface area contributed by atoms with Crippen molar-refractivity contribution in [1.29, 1.82) is 0 Å². The average molecular weight is 586 g/mol. The molecule has 10 nitrogen and oxygen atoms in total. The van der Waals surface area contributed by atoms with Crippen molar-refractivity contribution in [2.75, 3.05) is 12.3 Å². The first-order valence-corrected chi connectivity index (χ1v) is 15.6. The lowest BCUT2D eigenvalue weighted by Crippen LogP contribution is -2.40. The van der Waals surface area contributed by atoms with Gasteiger partial charge >= 0.3 is 5.97 Å². The van der Waals surface area contributed by atoms with Gasteiger partial charge in [-0.25, -0.2) is 12.7 Å². The molecule has 1 heterocycles. The second-order valence-corrected chi connectivity index (χ2v) is 12.8. The third-order valence-corrected chi connectivity index (χ3v) is 9.11. The van der Waals surface area contributed by atoms with E-state index in [1.54, 1.807) is 67.6 Å². The van der Waals surface area contributed by atoms with Crippen LogP contribution in [0.3, 0.4) is 0 Å². The number of hydrogen-bond acceptors (Lipinski definition) is 6. The van der Waals surface area contributed by atoms with Gasteiger partial charge in [-0.1, -0.05) is 42.0 Å². The standard InChI is InChI=1S/C28H28N2O8S2/c1-20-13-15-21(16-14-20)40(37,38)30(18-6-12-26(31)32)28(33)27-22-8-2-4-10-24(22)29(17-7-19-39(34,35)36)25-11-5-3-9-23(25)27/h2-5,8-11,13-16H,6-7,12,17-19H2,1H3,(H-,31,32,34,35,36)/p+1. The summed E-state index contributed by atoms with van der Waals surface area (Å²) in [5.74, 6) is -2.36. The van der Waals surface area contributed by atoms with Crippen LogP contribution in [0.4, 0.5) is 0 Å². The molecule has 0 unspecified atom stereocenters. The number of carbonyl (C=O) groups excluding carboxylic acids is 1. The second kappa shape index (κ2) is 11.7. The summed E-state index contributed by atoms with van der Waals surface area (Å²) < 4.78 is 62.0. The second-order valence-electron chi connectivity index (χ2n) is 9.39. The lowest BCUT2D eigenvalue weighted by atomic mass is 10.0. The maximum atomic E-state index is 14.3. The number of nitrogens with zero attached hydrogens (tertiary/aromatic N) is 2. The number of aromatic nitrogens is 1. The molecule has 0 aliphatic carbocycles. The highest BCUT2D eigenvalue weighted by atomic mass is 32.2. The summed E-state index contributed by atoms with van der Waals surface area (Å²) in [6, 6.07) is 19.8. The third kappa shape index (κ3) is 6.30. The number of aliphatic carboxylic acids is 1. The Morgan fingerprint density at radius 1 is 0.825 bits per heavy atom. The van der Waals surface area contributed by atoms with Crippen LogP contribution in [-0.2, 0) is 31.5 Å². The summed E-state index contributed by atoms with van der Waals surface area (Å²) in [6.45, 7) is 1.67. The Labute approximate surface area is 232 Å². The zero-order valence-corrected chi connectivity index (χ0v) is 23.4. The molecule has 1 aromatic heterocycles. The van der Waals surface area contributed by atoms with Gasteiger partial charge in [0.05, 0.1) is 27.0 Å². The molecule has 2 N–H and O–H groups in total. The van der Waals surface area contributed by atoms with Gasteiger partial charge < -0.3 is 5.11 Å². The molecule has 0 aliphatic heterocycles. The highest BCUT2D eigenvalue weighted by molar-refractivity contribution is 7.89. The third-order valence-electron chi connectivity index (χ3n) is 6.51. The van der Waals surface area contributed by atoms with Gasteiger partial charge in [0.15, 0.2) is 6.54 Å². The number of hydrogen-bond donors (Lipinski definition) is 2. The molecule has 12 heteroatoms. The molecule has 0 spiro atoms. The number of para-hydroxylation sites is 2. The van der Waals surface area contributed by atoms with E-state index in [9.17, 15) is 31.0 Å². The van der Waals surface area contributed by atoms with E-state index in [2.05, 4.69) is 0 Å². The summed E-state index contributed by atoms with van der Waals surface area (Å²) in [7, 11) is -8.53. The SMILES string of the molecule is Cc1ccc(S(=O)(=O)N(CCCC(=O)O)C(=O)c2c3ccccc3[n+](CCCS(=O)(=O)O)c3ccccc23)cc1. The molecule has 0 fully saturated rings.